The summed E-state index contributed by atoms with van der Waals surface area (Å²) in [7, 11) is 0.340. The van der Waals surface area contributed by atoms with E-state index in [-0.39, 0.29) is 11.1 Å². The van der Waals surface area contributed by atoms with Gasteiger partial charge in [-0.05, 0) is 33.4 Å². The third-order valence-electron chi connectivity index (χ3n) is 2.63. The Morgan fingerprint density at radius 3 is 2.47 bits per heavy atom. The maximum atomic E-state index is 12.2. The van der Waals surface area contributed by atoms with E-state index in [9.17, 15) is 8.42 Å². The van der Waals surface area contributed by atoms with Crippen LogP contribution in [0.3, 0.4) is 0 Å². The van der Waals surface area contributed by atoms with Gasteiger partial charge in [0.2, 0.25) is 0 Å². The van der Waals surface area contributed by atoms with Crippen molar-refractivity contribution in [3.63, 3.8) is 0 Å². The predicted octanol–water partition coefficient (Wildman–Crippen LogP) is 0.973. The van der Waals surface area contributed by atoms with E-state index in [1.165, 1.54) is 6.20 Å². The van der Waals surface area contributed by atoms with Gasteiger partial charge in [-0.25, -0.2) is 18.1 Å². The molecule has 1 heterocycles. The predicted molar refractivity (Wildman–Crippen MR) is 75.4 cm³/mol. The van der Waals surface area contributed by atoms with E-state index in [1.54, 1.807) is 6.92 Å². The van der Waals surface area contributed by atoms with Crippen LogP contribution in [0, 0.1) is 12.8 Å². The minimum atomic E-state index is -3.52. The summed E-state index contributed by atoms with van der Waals surface area (Å²) in [5, 5.41) is 0.123. The molecule has 0 fully saturated rings. The standard InChI is InChI=1S/C12H24N4O2S/c1-9(2)6-11(8-16(4)5)15-19(17,18)12-7-13-10(3)14-12/h7,9,11,15H,6,8H2,1-5H3,(H,13,14). The first-order valence-corrected chi connectivity index (χ1v) is 7.87. The third kappa shape index (κ3) is 5.30. The molecule has 1 rings (SSSR count). The molecule has 7 heteroatoms. The quantitative estimate of drug-likeness (QED) is 0.784. The Morgan fingerprint density at radius 2 is 2.05 bits per heavy atom. The zero-order valence-electron chi connectivity index (χ0n) is 12.3. The molecule has 0 amide bonds. The summed E-state index contributed by atoms with van der Waals surface area (Å²) in [4.78, 5) is 8.66. The van der Waals surface area contributed by atoms with E-state index in [2.05, 4.69) is 28.5 Å². The van der Waals surface area contributed by atoms with Crippen molar-refractivity contribution >= 4 is 10.0 Å². The van der Waals surface area contributed by atoms with Gasteiger partial charge >= 0.3 is 0 Å². The molecule has 0 radical (unpaired) electrons. The summed E-state index contributed by atoms with van der Waals surface area (Å²) in [6.45, 7) is 6.56. The SMILES string of the molecule is Cc1ncc(S(=O)(=O)NC(CC(C)C)CN(C)C)[nH]1. The van der Waals surface area contributed by atoms with Crippen LogP contribution in [0.1, 0.15) is 26.1 Å². The van der Waals surface area contributed by atoms with Crippen molar-refractivity contribution in [2.75, 3.05) is 20.6 Å². The van der Waals surface area contributed by atoms with Crippen LogP contribution in [-0.2, 0) is 10.0 Å². The van der Waals surface area contributed by atoms with Gasteiger partial charge in [0.05, 0.1) is 6.20 Å². The van der Waals surface area contributed by atoms with Crippen LogP contribution in [-0.4, -0.2) is 50.0 Å². The Kier molecular flexibility index (Phi) is 5.51. The summed E-state index contributed by atoms with van der Waals surface area (Å²) < 4.78 is 27.2. The molecule has 0 bridgehead atoms. The molecular weight excluding hydrogens is 264 g/mol. The molecule has 1 aromatic rings. The molecule has 6 nitrogen and oxygen atoms in total. The molecule has 2 N–H and O–H groups in total. The highest BCUT2D eigenvalue weighted by atomic mass is 32.2. The Hall–Kier alpha value is -0.920. The van der Waals surface area contributed by atoms with Crippen LogP contribution in [0.4, 0.5) is 0 Å². The highest BCUT2D eigenvalue weighted by Crippen LogP contribution is 2.11. The van der Waals surface area contributed by atoms with Crippen molar-refractivity contribution in [1.29, 1.82) is 0 Å². The largest absolute Gasteiger partial charge is 0.332 e. The average molecular weight is 288 g/mol. The molecular formula is C12H24N4O2S. The number of H-pyrrole nitrogens is 1. The Morgan fingerprint density at radius 1 is 1.42 bits per heavy atom. The van der Waals surface area contributed by atoms with Gasteiger partial charge in [0.25, 0.3) is 10.0 Å². The number of hydrogen-bond donors (Lipinski definition) is 2. The van der Waals surface area contributed by atoms with Gasteiger partial charge in [-0.2, -0.15) is 0 Å². The van der Waals surface area contributed by atoms with Crippen molar-refractivity contribution < 1.29 is 8.42 Å². The summed E-state index contributed by atoms with van der Waals surface area (Å²) in [6.07, 6.45) is 2.14. The Bertz CT molecular complexity index is 484. The van der Waals surface area contributed by atoms with Crippen molar-refractivity contribution in [3.05, 3.63) is 12.0 Å². The second kappa shape index (κ2) is 6.49. The van der Waals surface area contributed by atoms with E-state index in [0.717, 1.165) is 6.42 Å². The molecule has 1 unspecified atom stereocenters. The molecule has 0 aliphatic heterocycles. The van der Waals surface area contributed by atoms with Crippen LogP contribution < -0.4 is 4.72 Å². The minimum Gasteiger partial charge on any atom is -0.332 e. The zero-order valence-corrected chi connectivity index (χ0v) is 13.1. The van der Waals surface area contributed by atoms with Gasteiger partial charge in [-0.1, -0.05) is 13.8 Å². The second-order valence-electron chi connectivity index (χ2n) is 5.54. The van der Waals surface area contributed by atoms with E-state index >= 15 is 0 Å². The fourth-order valence-electron chi connectivity index (χ4n) is 1.99. The summed E-state index contributed by atoms with van der Waals surface area (Å²) in [5.74, 6) is 1.02. The number of nitrogens with zero attached hydrogens (tertiary/aromatic N) is 2. The van der Waals surface area contributed by atoms with Crippen LogP contribution in [0.15, 0.2) is 11.2 Å². The number of aromatic amines is 1. The fourth-order valence-corrected chi connectivity index (χ4v) is 3.20. The first-order chi connectivity index (χ1) is 8.70. The molecule has 0 aliphatic rings. The number of aromatic nitrogens is 2. The Balaban J connectivity index is 2.82. The maximum Gasteiger partial charge on any atom is 0.257 e. The average Bonchev–Trinajstić information content (AvgIpc) is 2.62. The lowest BCUT2D eigenvalue weighted by Gasteiger charge is -2.23. The van der Waals surface area contributed by atoms with Crippen molar-refractivity contribution in [1.82, 2.24) is 19.6 Å². The van der Waals surface area contributed by atoms with Gasteiger partial charge in [0, 0.05) is 12.6 Å². The molecule has 0 saturated carbocycles. The van der Waals surface area contributed by atoms with Crippen LogP contribution in [0.25, 0.3) is 0 Å². The topological polar surface area (TPSA) is 78.1 Å². The number of hydrogen-bond acceptors (Lipinski definition) is 4. The molecule has 1 atom stereocenters. The van der Waals surface area contributed by atoms with Gasteiger partial charge in [-0.3, -0.25) is 0 Å². The first kappa shape index (κ1) is 16.1. The van der Waals surface area contributed by atoms with E-state index in [4.69, 9.17) is 0 Å². The van der Waals surface area contributed by atoms with E-state index < -0.39 is 10.0 Å². The number of likely N-dealkylation sites (N-methyl/N-ethyl adjacent to an activating group) is 1. The minimum absolute atomic E-state index is 0.108. The lowest BCUT2D eigenvalue weighted by Crippen LogP contribution is -2.42. The van der Waals surface area contributed by atoms with Crippen molar-refractivity contribution in [3.8, 4) is 0 Å². The normalized spacial score (nSPS) is 14.3. The van der Waals surface area contributed by atoms with Gasteiger partial charge < -0.3 is 9.88 Å². The number of nitrogens with one attached hydrogen (secondary N) is 2. The zero-order chi connectivity index (χ0) is 14.6. The van der Waals surface area contributed by atoms with Crippen LogP contribution >= 0.6 is 0 Å². The van der Waals surface area contributed by atoms with Gasteiger partial charge in [0.15, 0.2) is 5.03 Å². The second-order valence-corrected chi connectivity index (χ2v) is 7.23. The summed E-state index contributed by atoms with van der Waals surface area (Å²) in [5.41, 5.74) is 0. The number of rotatable bonds is 7. The molecule has 0 spiro atoms. The smallest absolute Gasteiger partial charge is 0.257 e. The Labute approximate surface area is 115 Å². The van der Waals surface area contributed by atoms with Crippen molar-refractivity contribution in [2.45, 2.75) is 38.3 Å². The van der Waals surface area contributed by atoms with E-state index in [0.29, 0.717) is 18.3 Å². The first-order valence-electron chi connectivity index (χ1n) is 6.39. The van der Waals surface area contributed by atoms with E-state index in [1.807, 2.05) is 19.0 Å². The van der Waals surface area contributed by atoms with Gasteiger partial charge in [-0.15, -0.1) is 0 Å². The number of sulfonamides is 1. The molecule has 0 aromatic carbocycles. The highest BCUT2D eigenvalue weighted by molar-refractivity contribution is 7.89. The lowest BCUT2D eigenvalue weighted by atomic mass is 10.0. The number of aryl methyl sites for hydroxylation is 1. The van der Waals surface area contributed by atoms with Crippen LogP contribution in [0.5, 0.6) is 0 Å². The fraction of sp³-hybridized carbons (Fsp3) is 0.750. The molecule has 0 saturated heterocycles. The van der Waals surface area contributed by atoms with Crippen molar-refractivity contribution in [2.24, 2.45) is 5.92 Å². The molecule has 19 heavy (non-hydrogen) atoms. The number of imidazole rings is 1. The lowest BCUT2D eigenvalue weighted by molar-refractivity contribution is 0.329. The van der Waals surface area contributed by atoms with Gasteiger partial charge in [0.1, 0.15) is 5.82 Å². The molecule has 0 aliphatic carbocycles. The summed E-state index contributed by atoms with van der Waals surface area (Å²) in [6, 6.07) is -0.108. The molecule has 110 valence electrons. The molecule has 1 aromatic heterocycles. The highest BCUT2D eigenvalue weighted by Gasteiger charge is 2.22. The van der Waals surface area contributed by atoms with Crippen LogP contribution in [0.2, 0.25) is 0 Å². The monoisotopic (exact) mass is 288 g/mol. The maximum absolute atomic E-state index is 12.2. The summed E-state index contributed by atoms with van der Waals surface area (Å²) >= 11 is 0. The third-order valence-corrected chi connectivity index (χ3v) is 4.06.